The number of carbonyl (C=O) groups is 1. The van der Waals surface area contributed by atoms with Gasteiger partial charge in [-0.1, -0.05) is 75.5 Å². The largest absolute Gasteiger partial charge is 0.351 e. The fourth-order valence-electron chi connectivity index (χ4n) is 2.84. The van der Waals surface area contributed by atoms with E-state index in [0.29, 0.717) is 22.2 Å². The molecule has 0 radical (unpaired) electrons. The van der Waals surface area contributed by atoms with E-state index in [0.717, 1.165) is 14.3 Å². The number of hydrogen-bond donors (Lipinski definition) is 1. The van der Waals surface area contributed by atoms with Crippen molar-refractivity contribution in [1.82, 2.24) is 9.62 Å². The van der Waals surface area contributed by atoms with Gasteiger partial charge in [0.1, 0.15) is 0 Å². The minimum Gasteiger partial charge on any atom is -0.351 e. The molecule has 3 aromatic carbocycles. The highest BCUT2D eigenvalue weighted by molar-refractivity contribution is 9.10. The van der Waals surface area contributed by atoms with Gasteiger partial charge in [0.15, 0.2) is 0 Å². The van der Waals surface area contributed by atoms with Gasteiger partial charge >= 0.3 is 0 Å². The molecule has 3 aromatic rings. The third kappa shape index (κ3) is 6.54. The predicted octanol–water partition coefficient (Wildman–Crippen LogP) is 5.26. The van der Waals surface area contributed by atoms with Crippen LogP contribution < -0.4 is 5.32 Å². The van der Waals surface area contributed by atoms with Crippen LogP contribution in [0.3, 0.4) is 0 Å². The number of nitrogens with one attached hydrogen (secondary N) is 1. The summed E-state index contributed by atoms with van der Waals surface area (Å²) in [4.78, 5) is 12.7. The molecule has 31 heavy (non-hydrogen) atoms. The fraction of sp³-hybridized carbons (Fsp3) is 0.136. The second kappa shape index (κ2) is 10.6. The van der Waals surface area contributed by atoms with E-state index < -0.39 is 15.9 Å². The van der Waals surface area contributed by atoms with Crippen LogP contribution in [0, 0.1) is 0 Å². The standard InChI is InChI=1S/C22H19BrCl2N2O3S/c23-18-7-9-19(10-8-18)31(29,30)27(14-17-6-11-20(24)21(25)12-17)15-22(28)26-13-16-4-2-1-3-5-16/h1-12H,13-15H2,(H,26,28). The summed E-state index contributed by atoms with van der Waals surface area (Å²) in [5.74, 6) is -0.412. The Labute approximate surface area is 200 Å². The molecule has 0 aliphatic carbocycles. The third-order valence-corrected chi connectivity index (χ3v) is 7.52. The first-order chi connectivity index (χ1) is 14.8. The van der Waals surface area contributed by atoms with E-state index in [4.69, 9.17) is 23.2 Å². The minimum atomic E-state index is -3.94. The van der Waals surface area contributed by atoms with Crippen molar-refractivity contribution in [3.8, 4) is 0 Å². The second-order valence-corrected chi connectivity index (χ2v) is 10.4. The first-order valence-electron chi connectivity index (χ1n) is 9.26. The molecule has 162 valence electrons. The average molecular weight is 542 g/mol. The van der Waals surface area contributed by atoms with Crippen LogP contribution in [0.1, 0.15) is 11.1 Å². The number of amides is 1. The van der Waals surface area contributed by atoms with Crippen LogP contribution in [0.5, 0.6) is 0 Å². The predicted molar refractivity (Wildman–Crippen MR) is 126 cm³/mol. The Morgan fingerprint density at radius 3 is 2.23 bits per heavy atom. The quantitative estimate of drug-likeness (QED) is 0.423. The number of halogens is 3. The summed E-state index contributed by atoms with van der Waals surface area (Å²) in [6.07, 6.45) is 0. The van der Waals surface area contributed by atoms with Crippen molar-refractivity contribution in [2.24, 2.45) is 0 Å². The Hall–Kier alpha value is -1.90. The van der Waals surface area contributed by atoms with E-state index >= 15 is 0 Å². The number of carbonyl (C=O) groups excluding carboxylic acids is 1. The molecule has 1 N–H and O–H groups in total. The van der Waals surface area contributed by atoms with Gasteiger partial charge in [-0.05, 0) is 47.5 Å². The summed E-state index contributed by atoms with van der Waals surface area (Å²) in [6.45, 7) is -0.0713. The number of sulfonamides is 1. The lowest BCUT2D eigenvalue weighted by molar-refractivity contribution is -0.121. The lowest BCUT2D eigenvalue weighted by Crippen LogP contribution is -2.40. The van der Waals surface area contributed by atoms with Crippen molar-refractivity contribution in [2.75, 3.05) is 6.54 Å². The topological polar surface area (TPSA) is 66.5 Å². The van der Waals surface area contributed by atoms with E-state index in [9.17, 15) is 13.2 Å². The van der Waals surface area contributed by atoms with Crippen LogP contribution in [0.4, 0.5) is 0 Å². The minimum absolute atomic E-state index is 0.0337. The summed E-state index contributed by atoms with van der Waals surface area (Å²) >= 11 is 15.4. The molecule has 1 amide bonds. The molecule has 0 aromatic heterocycles. The molecule has 0 aliphatic heterocycles. The Bertz CT molecular complexity index is 1160. The van der Waals surface area contributed by atoms with Crippen LogP contribution >= 0.6 is 39.1 Å². The first kappa shape index (κ1) is 23.8. The molecule has 3 rings (SSSR count). The first-order valence-corrected chi connectivity index (χ1v) is 12.2. The lowest BCUT2D eigenvalue weighted by Gasteiger charge is -2.22. The maximum atomic E-state index is 13.3. The zero-order valence-electron chi connectivity index (χ0n) is 16.3. The summed E-state index contributed by atoms with van der Waals surface area (Å²) in [5, 5.41) is 3.45. The smallest absolute Gasteiger partial charge is 0.243 e. The fourth-order valence-corrected chi connectivity index (χ4v) is 4.81. The van der Waals surface area contributed by atoms with Gasteiger partial charge in [0, 0.05) is 17.6 Å². The maximum absolute atomic E-state index is 13.3. The van der Waals surface area contributed by atoms with Crippen molar-refractivity contribution >= 4 is 55.1 Å². The summed E-state index contributed by atoms with van der Waals surface area (Å²) in [7, 11) is -3.94. The number of nitrogens with zero attached hydrogens (tertiary/aromatic N) is 1. The molecular weight excluding hydrogens is 523 g/mol. The van der Waals surface area contributed by atoms with Gasteiger partial charge in [0.2, 0.25) is 15.9 Å². The van der Waals surface area contributed by atoms with Crippen LogP contribution in [0.2, 0.25) is 10.0 Å². The number of hydrogen-bond acceptors (Lipinski definition) is 3. The zero-order chi connectivity index (χ0) is 22.4. The average Bonchev–Trinajstić information content (AvgIpc) is 2.75. The third-order valence-electron chi connectivity index (χ3n) is 4.45. The Morgan fingerprint density at radius 1 is 0.903 bits per heavy atom. The Balaban J connectivity index is 1.83. The zero-order valence-corrected chi connectivity index (χ0v) is 20.2. The van der Waals surface area contributed by atoms with Gasteiger partial charge < -0.3 is 5.32 Å². The lowest BCUT2D eigenvalue weighted by atomic mass is 10.2. The van der Waals surface area contributed by atoms with Gasteiger partial charge in [0.05, 0.1) is 21.5 Å². The molecule has 0 aliphatic rings. The van der Waals surface area contributed by atoms with Crippen LogP contribution in [-0.4, -0.2) is 25.2 Å². The SMILES string of the molecule is O=C(CN(Cc1ccc(Cl)c(Cl)c1)S(=O)(=O)c1ccc(Br)cc1)NCc1ccccc1. The van der Waals surface area contributed by atoms with Crippen molar-refractivity contribution < 1.29 is 13.2 Å². The van der Waals surface area contributed by atoms with Crippen molar-refractivity contribution in [1.29, 1.82) is 0 Å². The molecule has 9 heteroatoms. The summed E-state index contributed by atoms with van der Waals surface area (Å²) < 4.78 is 28.4. The summed E-state index contributed by atoms with van der Waals surface area (Å²) in [5.41, 5.74) is 1.54. The normalized spacial score (nSPS) is 11.5. The molecule has 0 heterocycles. The van der Waals surface area contributed by atoms with E-state index in [1.165, 1.54) is 12.1 Å². The molecule has 0 unspecified atom stereocenters. The highest BCUT2D eigenvalue weighted by Gasteiger charge is 2.27. The van der Waals surface area contributed by atoms with Gasteiger partial charge in [-0.2, -0.15) is 4.31 Å². The summed E-state index contributed by atoms with van der Waals surface area (Å²) in [6, 6.07) is 20.5. The van der Waals surface area contributed by atoms with Gasteiger partial charge in [-0.25, -0.2) is 8.42 Å². The van der Waals surface area contributed by atoms with Gasteiger partial charge in [0.25, 0.3) is 0 Å². The second-order valence-electron chi connectivity index (χ2n) is 6.74. The number of rotatable bonds is 8. The Morgan fingerprint density at radius 2 is 1.58 bits per heavy atom. The van der Waals surface area contributed by atoms with E-state index in [1.807, 2.05) is 30.3 Å². The van der Waals surface area contributed by atoms with Gasteiger partial charge in [-0.3, -0.25) is 4.79 Å². The van der Waals surface area contributed by atoms with Gasteiger partial charge in [-0.15, -0.1) is 0 Å². The van der Waals surface area contributed by atoms with E-state index in [1.54, 1.807) is 30.3 Å². The monoisotopic (exact) mass is 540 g/mol. The Kier molecular flexibility index (Phi) is 8.13. The molecule has 0 bridgehead atoms. The molecule has 0 atom stereocenters. The van der Waals surface area contributed by atoms with Crippen LogP contribution in [0.15, 0.2) is 82.2 Å². The van der Waals surface area contributed by atoms with Crippen molar-refractivity contribution in [3.05, 3.63) is 98.4 Å². The van der Waals surface area contributed by atoms with Crippen LogP contribution in [-0.2, 0) is 27.9 Å². The van der Waals surface area contributed by atoms with Crippen LogP contribution in [0.25, 0.3) is 0 Å². The maximum Gasteiger partial charge on any atom is 0.243 e. The van der Waals surface area contributed by atoms with Crippen molar-refractivity contribution in [2.45, 2.75) is 18.0 Å². The molecule has 0 saturated heterocycles. The molecule has 0 spiro atoms. The highest BCUT2D eigenvalue weighted by Crippen LogP contribution is 2.25. The molecular formula is C22H19BrCl2N2O3S. The highest BCUT2D eigenvalue weighted by atomic mass is 79.9. The van der Waals surface area contributed by atoms with Crippen molar-refractivity contribution in [3.63, 3.8) is 0 Å². The van der Waals surface area contributed by atoms with E-state index in [2.05, 4.69) is 21.2 Å². The molecule has 0 saturated carbocycles. The number of benzene rings is 3. The molecule has 0 fully saturated rings. The molecule has 5 nitrogen and oxygen atoms in total. The van der Waals surface area contributed by atoms with E-state index in [-0.39, 0.29) is 18.0 Å².